The van der Waals surface area contributed by atoms with E-state index in [4.69, 9.17) is 0 Å². The monoisotopic (exact) mass is 128 g/mol. The van der Waals surface area contributed by atoms with Crippen molar-refractivity contribution in [3.05, 3.63) is 0 Å². The van der Waals surface area contributed by atoms with E-state index in [0.29, 0.717) is 5.78 Å². The molecule has 0 aromatic carbocycles. The maximum absolute atomic E-state index is 11.0. The van der Waals surface area contributed by atoms with Gasteiger partial charge in [-0.15, -0.1) is 0 Å². The van der Waals surface area contributed by atoms with Gasteiger partial charge in [-0.2, -0.15) is 0 Å². The van der Waals surface area contributed by atoms with Gasteiger partial charge in [-0.3, -0.25) is 4.79 Å². The third kappa shape index (κ3) is 3.28. The Balaban J connectivity index is 3.46. The molecule has 0 bridgehead atoms. The van der Waals surface area contributed by atoms with Crippen molar-refractivity contribution in [2.75, 3.05) is 0 Å². The highest BCUT2D eigenvalue weighted by molar-refractivity contribution is 5.80. The Hall–Kier alpha value is -0.330. The minimum atomic E-state index is 0.282. The molecule has 0 unspecified atom stereocenters. The highest BCUT2D eigenvalue weighted by Crippen LogP contribution is 2.05. The predicted octanol–water partition coefficient (Wildman–Crippen LogP) is 2.40. The topological polar surface area (TPSA) is 17.1 Å². The average molecular weight is 128 g/mol. The second kappa shape index (κ2) is 4.54. The van der Waals surface area contributed by atoms with Gasteiger partial charge in [-0.25, -0.2) is 0 Å². The van der Waals surface area contributed by atoms with Crippen LogP contribution in [0.1, 0.15) is 40.0 Å². The standard InChI is InChI=1S/C8H16O/c1-4-6-8(9)7(3)5-2/h7H,4-6H2,1-3H3/t7-/m0/s1. The highest BCUT2D eigenvalue weighted by Gasteiger charge is 2.07. The minimum Gasteiger partial charge on any atom is -0.299 e. The number of hydrogen-bond acceptors (Lipinski definition) is 1. The van der Waals surface area contributed by atoms with Gasteiger partial charge in [-0.1, -0.05) is 20.8 Å². The van der Waals surface area contributed by atoms with Gasteiger partial charge in [0.2, 0.25) is 0 Å². The van der Waals surface area contributed by atoms with Crippen molar-refractivity contribution in [1.82, 2.24) is 0 Å². The first-order valence-electron chi connectivity index (χ1n) is 3.75. The molecule has 0 amide bonds. The summed E-state index contributed by atoms with van der Waals surface area (Å²) < 4.78 is 0. The lowest BCUT2D eigenvalue weighted by atomic mass is 10.0. The van der Waals surface area contributed by atoms with E-state index >= 15 is 0 Å². The Labute approximate surface area is 57.5 Å². The average Bonchev–Trinajstić information content (AvgIpc) is 1.87. The summed E-state index contributed by atoms with van der Waals surface area (Å²) in [5.74, 6) is 0.699. The molecule has 0 aliphatic rings. The van der Waals surface area contributed by atoms with Crippen LogP contribution in [-0.4, -0.2) is 5.78 Å². The zero-order valence-corrected chi connectivity index (χ0v) is 6.61. The summed E-state index contributed by atoms with van der Waals surface area (Å²) in [6.07, 6.45) is 2.73. The lowest BCUT2D eigenvalue weighted by molar-refractivity contribution is -0.122. The maximum Gasteiger partial charge on any atom is 0.135 e. The van der Waals surface area contributed by atoms with E-state index in [0.717, 1.165) is 19.3 Å². The molecule has 9 heavy (non-hydrogen) atoms. The van der Waals surface area contributed by atoms with Crippen LogP contribution in [0, 0.1) is 5.92 Å². The molecule has 54 valence electrons. The van der Waals surface area contributed by atoms with Crippen LogP contribution >= 0.6 is 0 Å². The first kappa shape index (κ1) is 8.67. The normalized spacial score (nSPS) is 13.2. The smallest absolute Gasteiger partial charge is 0.135 e. The number of hydrogen-bond donors (Lipinski definition) is 0. The quantitative estimate of drug-likeness (QED) is 0.568. The second-order valence-electron chi connectivity index (χ2n) is 2.53. The second-order valence-corrected chi connectivity index (χ2v) is 2.53. The van der Waals surface area contributed by atoms with Crippen LogP contribution in [0.15, 0.2) is 0 Å². The summed E-state index contributed by atoms with van der Waals surface area (Å²) in [5, 5.41) is 0. The number of carbonyl (C=O) groups is 1. The number of carbonyl (C=O) groups excluding carboxylic acids is 1. The van der Waals surface area contributed by atoms with Gasteiger partial charge in [0.15, 0.2) is 0 Å². The number of ketones is 1. The van der Waals surface area contributed by atoms with E-state index in [1.165, 1.54) is 0 Å². The largest absolute Gasteiger partial charge is 0.299 e. The molecular weight excluding hydrogens is 112 g/mol. The van der Waals surface area contributed by atoms with Crippen molar-refractivity contribution >= 4 is 5.78 Å². The molecule has 1 heteroatoms. The Kier molecular flexibility index (Phi) is 4.37. The minimum absolute atomic E-state index is 0.282. The maximum atomic E-state index is 11.0. The van der Waals surface area contributed by atoms with E-state index < -0.39 is 0 Å². The van der Waals surface area contributed by atoms with Crippen molar-refractivity contribution in [2.45, 2.75) is 40.0 Å². The molecule has 0 fully saturated rings. The zero-order valence-electron chi connectivity index (χ0n) is 6.61. The number of rotatable bonds is 4. The molecule has 0 heterocycles. The van der Waals surface area contributed by atoms with Crippen molar-refractivity contribution in [3.8, 4) is 0 Å². The van der Waals surface area contributed by atoms with Crippen molar-refractivity contribution in [2.24, 2.45) is 5.92 Å². The van der Waals surface area contributed by atoms with Crippen LogP contribution < -0.4 is 0 Å². The fourth-order valence-corrected chi connectivity index (χ4v) is 0.720. The molecule has 0 aliphatic carbocycles. The summed E-state index contributed by atoms with van der Waals surface area (Å²) in [7, 11) is 0. The van der Waals surface area contributed by atoms with E-state index in [-0.39, 0.29) is 5.92 Å². The predicted molar refractivity (Wildman–Crippen MR) is 39.4 cm³/mol. The molecule has 0 saturated carbocycles. The van der Waals surface area contributed by atoms with Crippen molar-refractivity contribution in [1.29, 1.82) is 0 Å². The van der Waals surface area contributed by atoms with Gasteiger partial charge < -0.3 is 0 Å². The molecule has 0 aromatic heterocycles. The van der Waals surface area contributed by atoms with Crippen LogP contribution in [0.3, 0.4) is 0 Å². The summed E-state index contributed by atoms with van der Waals surface area (Å²) in [6, 6.07) is 0. The Morgan fingerprint density at radius 3 is 2.33 bits per heavy atom. The summed E-state index contributed by atoms with van der Waals surface area (Å²) in [4.78, 5) is 11.0. The third-order valence-electron chi connectivity index (χ3n) is 1.66. The summed E-state index contributed by atoms with van der Waals surface area (Å²) in [6.45, 7) is 6.09. The molecule has 0 aromatic rings. The summed E-state index contributed by atoms with van der Waals surface area (Å²) >= 11 is 0. The highest BCUT2D eigenvalue weighted by atomic mass is 16.1. The molecule has 0 radical (unpaired) electrons. The van der Waals surface area contributed by atoms with Crippen molar-refractivity contribution < 1.29 is 4.79 Å². The molecule has 0 saturated heterocycles. The van der Waals surface area contributed by atoms with Gasteiger partial charge in [0.1, 0.15) is 5.78 Å². The van der Waals surface area contributed by atoms with Gasteiger partial charge in [-0.05, 0) is 12.8 Å². The molecule has 1 atom stereocenters. The molecule has 0 rings (SSSR count). The molecule has 0 aliphatic heterocycles. The summed E-state index contributed by atoms with van der Waals surface area (Å²) in [5.41, 5.74) is 0. The Morgan fingerprint density at radius 1 is 1.44 bits per heavy atom. The molecular formula is C8H16O. The van der Waals surface area contributed by atoms with Gasteiger partial charge in [0.05, 0.1) is 0 Å². The van der Waals surface area contributed by atoms with Gasteiger partial charge in [0, 0.05) is 12.3 Å². The van der Waals surface area contributed by atoms with Crippen molar-refractivity contribution in [3.63, 3.8) is 0 Å². The van der Waals surface area contributed by atoms with Crippen LogP contribution in [0.2, 0.25) is 0 Å². The van der Waals surface area contributed by atoms with E-state index in [2.05, 4.69) is 6.92 Å². The first-order valence-corrected chi connectivity index (χ1v) is 3.75. The SMILES string of the molecule is CCCC(=O)[C@@H](C)CC. The van der Waals surface area contributed by atoms with Crippen LogP contribution in [0.5, 0.6) is 0 Å². The molecule has 1 nitrogen and oxygen atoms in total. The Bertz CT molecular complexity index is 86.6. The fraction of sp³-hybridized carbons (Fsp3) is 0.875. The number of Topliss-reactive ketones (excluding diaryl/α,β-unsaturated/α-hetero) is 1. The third-order valence-corrected chi connectivity index (χ3v) is 1.66. The Morgan fingerprint density at radius 2 is 2.00 bits per heavy atom. The van der Waals surface area contributed by atoms with Crippen LogP contribution in [0.25, 0.3) is 0 Å². The van der Waals surface area contributed by atoms with Gasteiger partial charge >= 0.3 is 0 Å². The molecule has 0 spiro atoms. The van der Waals surface area contributed by atoms with E-state index in [1.54, 1.807) is 0 Å². The lowest BCUT2D eigenvalue weighted by Crippen LogP contribution is -2.08. The zero-order chi connectivity index (χ0) is 7.28. The molecule has 0 N–H and O–H groups in total. The fourth-order valence-electron chi connectivity index (χ4n) is 0.720. The first-order chi connectivity index (χ1) is 4.22. The van der Waals surface area contributed by atoms with Crippen LogP contribution in [0.4, 0.5) is 0 Å². The van der Waals surface area contributed by atoms with Gasteiger partial charge in [0.25, 0.3) is 0 Å². The van der Waals surface area contributed by atoms with E-state index in [1.807, 2.05) is 13.8 Å². The van der Waals surface area contributed by atoms with Crippen LogP contribution in [-0.2, 0) is 4.79 Å². The van der Waals surface area contributed by atoms with E-state index in [9.17, 15) is 4.79 Å². The lowest BCUT2D eigenvalue weighted by Gasteiger charge is -2.03.